The predicted octanol–water partition coefficient (Wildman–Crippen LogP) is 1.43. The van der Waals surface area contributed by atoms with Gasteiger partial charge in [0.15, 0.2) is 0 Å². The van der Waals surface area contributed by atoms with Gasteiger partial charge in [0.2, 0.25) is 0 Å². The van der Waals surface area contributed by atoms with Gasteiger partial charge < -0.3 is 9.84 Å². The molecule has 0 spiro atoms. The van der Waals surface area contributed by atoms with Gasteiger partial charge in [0.05, 0.1) is 6.10 Å². The standard InChI is InChI=1S/C8H18O2/c1-7(2)8(3)10-6-4-5-9/h7-9H,4-6H2,1-3H3. The van der Waals surface area contributed by atoms with E-state index >= 15 is 0 Å². The van der Waals surface area contributed by atoms with Crippen LogP contribution in [0, 0.1) is 5.92 Å². The molecule has 0 aliphatic heterocycles. The highest BCUT2D eigenvalue weighted by atomic mass is 16.5. The zero-order valence-corrected chi connectivity index (χ0v) is 7.13. The Hall–Kier alpha value is -0.0800. The number of hydrogen-bond acceptors (Lipinski definition) is 2. The summed E-state index contributed by atoms with van der Waals surface area (Å²) in [4.78, 5) is 0. The molecule has 1 atom stereocenters. The van der Waals surface area contributed by atoms with Crippen LogP contribution in [-0.4, -0.2) is 24.4 Å². The molecule has 0 aromatic heterocycles. The number of aliphatic hydroxyl groups excluding tert-OH is 1. The second kappa shape index (κ2) is 5.69. The highest BCUT2D eigenvalue weighted by molar-refractivity contribution is 4.53. The van der Waals surface area contributed by atoms with E-state index in [2.05, 4.69) is 20.8 Å². The van der Waals surface area contributed by atoms with Crippen molar-refractivity contribution in [3.05, 3.63) is 0 Å². The fourth-order valence-electron chi connectivity index (χ4n) is 0.526. The average molecular weight is 146 g/mol. The molecular weight excluding hydrogens is 128 g/mol. The van der Waals surface area contributed by atoms with E-state index in [9.17, 15) is 0 Å². The first kappa shape index (κ1) is 9.92. The minimum Gasteiger partial charge on any atom is -0.396 e. The Morgan fingerprint density at radius 3 is 2.30 bits per heavy atom. The Morgan fingerprint density at radius 2 is 1.90 bits per heavy atom. The first-order valence-electron chi connectivity index (χ1n) is 3.91. The van der Waals surface area contributed by atoms with Gasteiger partial charge in [-0.2, -0.15) is 0 Å². The molecule has 0 aliphatic carbocycles. The molecule has 0 aromatic rings. The number of rotatable bonds is 5. The van der Waals surface area contributed by atoms with Gasteiger partial charge in [-0.15, -0.1) is 0 Å². The molecule has 0 amide bonds. The predicted molar refractivity (Wildman–Crippen MR) is 42.0 cm³/mol. The maximum absolute atomic E-state index is 8.44. The van der Waals surface area contributed by atoms with Crippen molar-refractivity contribution in [2.24, 2.45) is 5.92 Å². The van der Waals surface area contributed by atoms with Crippen LogP contribution in [0.3, 0.4) is 0 Å². The summed E-state index contributed by atoms with van der Waals surface area (Å²) in [6.45, 7) is 7.22. The van der Waals surface area contributed by atoms with Gasteiger partial charge >= 0.3 is 0 Å². The summed E-state index contributed by atoms with van der Waals surface area (Å²) < 4.78 is 5.38. The monoisotopic (exact) mass is 146 g/mol. The molecule has 0 saturated carbocycles. The molecule has 2 nitrogen and oxygen atoms in total. The minimum absolute atomic E-state index is 0.227. The van der Waals surface area contributed by atoms with E-state index in [0.29, 0.717) is 18.6 Å². The third-order valence-electron chi connectivity index (χ3n) is 1.62. The SMILES string of the molecule is CC(C)C(C)OCCCO. The summed E-state index contributed by atoms with van der Waals surface area (Å²) in [6, 6.07) is 0. The lowest BCUT2D eigenvalue weighted by molar-refractivity contribution is 0.0278. The number of ether oxygens (including phenoxy) is 1. The van der Waals surface area contributed by atoms with Crippen LogP contribution in [0.15, 0.2) is 0 Å². The third-order valence-corrected chi connectivity index (χ3v) is 1.62. The highest BCUT2D eigenvalue weighted by Crippen LogP contribution is 2.04. The molecule has 0 aromatic carbocycles. The van der Waals surface area contributed by atoms with Gasteiger partial charge in [0.25, 0.3) is 0 Å². The Balaban J connectivity index is 3.13. The van der Waals surface area contributed by atoms with Gasteiger partial charge in [-0.1, -0.05) is 13.8 Å². The quantitative estimate of drug-likeness (QED) is 0.594. The highest BCUT2D eigenvalue weighted by Gasteiger charge is 2.05. The van der Waals surface area contributed by atoms with E-state index in [1.807, 2.05) is 0 Å². The van der Waals surface area contributed by atoms with Crippen LogP contribution in [0.4, 0.5) is 0 Å². The molecular formula is C8H18O2. The first-order chi connectivity index (χ1) is 4.68. The van der Waals surface area contributed by atoms with Gasteiger partial charge in [0, 0.05) is 13.2 Å². The average Bonchev–Trinajstić information content (AvgIpc) is 1.88. The fourth-order valence-corrected chi connectivity index (χ4v) is 0.526. The molecule has 0 aliphatic rings. The molecule has 62 valence electrons. The molecule has 10 heavy (non-hydrogen) atoms. The zero-order chi connectivity index (χ0) is 7.98. The fraction of sp³-hybridized carbons (Fsp3) is 1.00. The molecule has 0 heterocycles. The first-order valence-corrected chi connectivity index (χ1v) is 3.91. The van der Waals surface area contributed by atoms with Crippen LogP contribution in [0.1, 0.15) is 27.2 Å². The van der Waals surface area contributed by atoms with E-state index in [4.69, 9.17) is 9.84 Å². The van der Waals surface area contributed by atoms with Crippen molar-refractivity contribution in [3.8, 4) is 0 Å². The Morgan fingerprint density at radius 1 is 1.30 bits per heavy atom. The van der Waals surface area contributed by atoms with Crippen LogP contribution in [-0.2, 0) is 4.74 Å². The third kappa shape index (κ3) is 4.77. The topological polar surface area (TPSA) is 29.5 Å². The summed E-state index contributed by atoms with van der Waals surface area (Å²) in [7, 11) is 0. The van der Waals surface area contributed by atoms with Crippen molar-refractivity contribution >= 4 is 0 Å². The minimum atomic E-state index is 0.227. The van der Waals surface area contributed by atoms with Crippen molar-refractivity contribution in [1.29, 1.82) is 0 Å². The van der Waals surface area contributed by atoms with Crippen LogP contribution >= 0.6 is 0 Å². The van der Waals surface area contributed by atoms with Gasteiger partial charge in [-0.25, -0.2) is 0 Å². The molecule has 1 unspecified atom stereocenters. The van der Waals surface area contributed by atoms with Crippen molar-refractivity contribution < 1.29 is 9.84 Å². The molecule has 2 heteroatoms. The summed E-state index contributed by atoms with van der Waals surface area (Å²) in [5, 5.41) is 8.44. The molecule has 0 fully saturated rings. The van der Waals surface area contributed by atoms with Crippen LogP contribution in [0.5, 0.6) is 0 Å². The van der Waals surface area contributed by atoms with Crippen molar-refractivity contribution in [1.82, 2.24) is 0 Å². The van der Waals surface area contributed by atoms with E-state index in [1.165, 1.54) is 0 Å². The molecule has 0 rings (SSSR count). The van der Waals surface area contributed by atoms with Gasteiger partial charge in [0.1, 0.15) is 0 Å². The maximum Gasteiger partial charge on any atom is 0.0569 e. The van der Waals surface area contributed by atoms with E-state index in [0.717, 1.165) is 6.42 Å². The molecule has 0 radical (unpaired) electrons. The maximum atomic E-state index is 8.44. The van der Waals surface area contributed by atoms with Crippen molar-refractivity contribution in [2.75, 3.05) is 13.2 Å². The number of hydrogen-bond donors (Lipinski definition) is 1. The lowest BCUT2D eigenvalue weighted by Crippen LogP contribution is -2.16. The lowest BCUT2D eigenvalue weighted by atomic mass is 10.1. The van der Waals surface area contributed by atoms with Crippen molar-refractivity contribution in [3.63, 3.8) is 0 Å². The van der Waals surface area contributed by atoms with Gasteiger partial charge in [-0.3, -0.25) is 0 Å². The normalized spacial score (nSPS) is 14.1. The second-order valence-corrected chi connectivity index (χ2v) is 2.90. The van der Waals surface area contributed by atoms with E-state index < -0.39 is 0 Å². The lowest BCUT2D eigenvalue weighted by Gasteiger charge is -2.15. The Labute approximate surface area is 63.2 Å². The molecule has 0 bridgehead atoms. The van der Waals surface area contributed by atoms with E-state index in [-0.39, 0.29) is 6.61 Å². The molecule has 1 N–H and O–H groups in total. The molecule has 0 saturated heterocycles. The number of aliphatic hydroxyl groups is 1. The largest absolute Gasteiger partial charge is 0.396 e. The Bertz CT molecular complexity index is 71.7. The van der Waals surface area contributed by atoms with Crippen LogP contribution < -0.4 is 0 Å². The summed E-state index contributed by atoms with van der Waals surface area (Å²) in [5.74, 6) is 0.568. The van der Waals surface area contributed by atoms with E-state index in [1.54, 1.807) is 0 Å². The van der Waals surface area contributed by atoms with Crippen LogP contribution in [0.25, 0.3) is 0 Å². The Kier molecular flexibility index (Phi) is 5.64. The summed E-state index contributed by atoms with van der Waals surface area (Å²) in [5.41, 5.74) is 0. The summed E-state index contributed by atoms with van der Waals surface area (Å²) >= 11 is 0. The van der Waals surface area contributed by atoms with Gasteiger partial charge in [-0.05, 0) is 19.3 Å². The zero-order valence-electron chi connectivity index (χ0n) is 7.13. The van der Waals surface area contributed by atoms with Crippen molar-refractivity contribution in [2.45, 2.75) is 33.3 Å². The summed E-state index contributed by atoms with van der Waals surface area (Å²) in [6.07, 6.45) is 1.06. The second-order valence-electron chi connectivity index (χ2n) is 2.90. The smallest absolute Gasteiger partial charge is 0.0569 e. The van der Waals surface area contributed by atoms with Crippen LogP contribution in [0.2, 0.25) is 0 Å².